The molecule has 186 valence electrons. The third-order valence-corrected chi connectivity index (χ3v) is 7.82. The van der Waals surface area contributed by atoms with Gasteiger partial charge < -0.3 is 23.8 Å². The van der Waals surface area contributed by atoms with Gasteiger partial charge in [-0.15, -0.1) is 0 Å². The Kier molecular flexibility index (Phi) is 9.24. The lowest BCUT2D eigenvalue weighted by atomic mass is 10.1. The Morgan fingerprint density at radius 1 is 0.743 bits per heavy atom. The molecule has 7 nitrogen and oxygen atoms in total. The molecule has 0 aliphatic carbocycles. The van der Waals surface area contributed by atoms with Crippen molar-refractivity contribution in [2.75, 3.05) is 13.7 Å². The topological polar surface area (TPSA) is 83.5 Å². The lowest BCUT2D eigenvalue weighted by molar-refractivity contribution is -0.180. The highest BCUT2D eigenvalue weighted by Crippen LogP contribution is 2.58. The highest BCUT2D eigenvalue weighted by atomic mass is 31.2. The molecule has 0 amide bonds. The van der Waals surface area contributed by atoms with Gasteiger partial charge in [0.2, 0.25) is 0 Å². The molecule has 8 heteroatoms. The molecule has 0 saturated carbocycles. The van der Waals surface area contributed by atoms with Gasteiger partial charge in [-0.2, -0.15) is 0 Å². The third kappa shape index (κ3) is 6.87. The van der Waals surface area contributed by atoms with E-state index in [9.17, 15) is 9.67 Å². The molecule has 5 atom stereocenters. The first-order chi connectivity index (χ1) is 17.1. The fourth-order valence-corrected chi connectivity index (χ4v) is 5.53. The molecule has 1 N–H and O–H groups in total. The van der Waals surface area contributed by atoms with E-state index in [4.69, 9.17) is 23.3 Å². The number of rotatable bonds is 11. The summed E-state index contributed by atoms with van der Waals surface area (Å²) >= 11 is 0. The van der Waals surface area contributed by atoms with Crippen molar-refractivity contribution in [1.29, 1.82) is 0 Å². The monoisotopic (exact) mass is 498 g/mol. The maximum atomic E-state index is 13.3. The Bertz CT molecular complexity index is 1060. The van der Waals surface area contributed by atoms with Crippen LogP contribution in [-0.2, 0) is 47.6 Å². The van der Waals surface area contributed by atoms with Crippen molar-refractivity contribution in [3.8, 4) is 0 Å². The molecule has 35 heavy (non-hydrogen) atoms. The van der Waals surface area contributed by atoms with Crippen LogP contribution in [-0.4, -0.2) is 43.0 Å². The molecule has 1 fully saturated rings. The maximum absolute atomic E-state index is 13.3. The molecular formula is C27H31O7P. The van der Waals surface area contributed by atoms with Crippen LogP contribution in [0.2, 0.25) is 0 Å². The minimum atomic E-state index is -3.89. The Hall–Kier alpha value is -2.35. The fourth-order valence-electron chi connectivity index (χ4n) is 3.93. The smallest absolute Gasteiger partial charge is 0.361 e. The quantitative estimate of drug-likeness (QED) is 0.375. The highest BCUT2D eigenvalue weighted by molar-refractivity contribution is 7.54. The number of ether oxygens (including phenoxy) is 3. The van der Waals surface area contributed by atoms with Crippen LogP contribution < -0.4 is 0 Å². The van der Waals surface area contributed by atoms with Gasteiger partial charge in [0, 0.05) is 7.11 Å². The van der Waals surface area contributed by atoms with Crippen LogP contribution in [0.5, 0.6) is 0 Å². The summed E-state index contributed by atoms with van der Waals surface area (Å²) in [5, 5.41) is 11.0. The van der Waals surface area contributed by atoms with E-state index in [0.717, 1.165) is 16.7 Å². The van der Waals surface area contributed by atoms with E-state index in [-0.39, 0.29) is 19.8 Å². The average molecular weight is 499 g/mol. The van der Waals surface area contributed by atoms with Crippen LogP contribution >= 0.6 is 7.60 Å². The predicted molar refractivity (Wildman–Crippen MR) is 132 cm³/mol. The molecule has 4 rings (SSSR count). The molecular weight excluding hydrogens is 467 g/mol. The summed E-state index contributed by atoms with van der Waals surface area (Å²) in [4.78, 5) is 0. The van der Waals surface area contributed by atoms with E-state index in [1.165, 1.54) is 7.11 Å². The van der Waals surface area contributed by atoms with Gasteiger partial charge in [0.05, 0.1) is 26.4 Å². The van der Waals surface area contributed by atoms with Crippen LogP contribution in [0.4, 0.5) is 0 Å². The summed E-state index contributed by atoms with van der Waals surface area (Å²) in [5.41, 5.74) is 2.86. The SMILES string of the molecule is CO[P@]1(=O)O[C@H](COCc2ccccc2)[C@@H](OCc2ccccc2)[C@H](OCc2ccccc2)[C@@H]1O. The first-order valence-corrected chi connectivity index (χ1v) is 13.1. The van der Waals surface area contributed by atoms with Crippen molar-refractivity contribution in [2.45, 2.75) is 44.0 Å². The number of hydrogen-bond donors (Lipinski definition) is 1. The Balaban J connectivity index is 1.53. The summed E-state index contributed by atoms with van der Waals surface area (Å²) in [7, 11) is -2.64. The normalized spacial score (nSPS) is 26.5. The van der Waals surface area contributed by atoms with Crippen molar-refractivity contribution >= 4 is 7.60 Å². The number of aliphatic hydroxyl groups excluding tert-OH is 1. The number of benzene rings is 3. The lowest BCUT2D eigenvalue weighted by Crippen LogP contribution is -2.54. The average Bonchev–Trinajstić information content (AvgIpc) is 2.91. The molecule has 0 spiro atoms. The molecule has 3 aromatic rings. The van der Waals surface area contributed by atoms with Gasteiger partial charge in [-0.3, -0.25) is 9.09 Å². The summed E-state index contributed by atoms with van der Waals surface area (Å²) in [5.74, 6) is -1.51. The molecule has 3 aromatic carbocycles. The standard InChI is InChI=1S/C27H31O7P/c1-30-35(29)27(28)26(33-19-23-15-9-4-10-16-23)25(32-18-22-13-7-3-8-14-22)24(34-35)20-31-17-21-11-5-2-6-12-21/h2-16,24-28H,17-20H2,1H3/t24-,25-,26+,27-,35+/m1/s1. The first kappa shape index (κ1) is 25.7. The van der Waals surface area contributed by atoms with E-state index in [0.29, 0.717) is 6.61 Å². The summed E-state index contributed by atoms with van der Waals surface area (Å²) in [6.07, 6.45) is -2.48. The Morgan fingerprint density at radius 3 is 1.69 bits per heavy atom. The van der Waals surface area contributed by atoms with Gasteiger partial charge in [-0.25, -0.2) is 0 Å². The summed E-state index contributed by atoms with van der Waals surface area (Å²) in [6, 6.07) is 29.0. The number of aliphatic hydroxyl groups is 1. The second-order valence-electron chi connectivity index (χ2n) is 8.30. The predicted octanol–water partition coefficient (Wildman–Crippen LogP) is 4.93. The molecule has 1 aliphatic rings. The van der Waals surface area contributed by atoms with Crippen LogP contribution in [0.25, 0.3) is 0 Å². The lowest BCUT2D eigenvalue weighted by Gasteiger charge is -2.43. The Labute approximate surface area is 206 Å². The van der Waals surface area contributed by atoms with Gasteiger partial charge in [0.15, 0.2) is 5.85 Å². The zero-order chi connectivity index (χ0) is 24.5. The molecule has 1 saturated heterocycles. The van der Waals surface area contributed by atoms with Crippen molar-refractivity contribution in [2.24, 2.45) is 0 Å². The second-order valence-corrected chi connectivity index (χ2v) is 10.5. The van der Waals surface area contributed by atoms with Crippen LogP contribution in [0.1, 0.15) is 16.7 Å². The largest absolute Gasteiger partial charge is 0.378 e. The number of hydrogen-bond acceptors (Lipinski definition) is 7. The van der Waals surface area contributed by atoms with Crippen LogP contribution in [0.3, 0.4) is 0 Å². The minimum Gasteiger partial charge on any atom is -0.378 e. The molecule has 1 heterocycles. The zero-order valence-electron chi connectivity index (χ0n) is 19.6. The fraction of sp³-hybridized carbons (Fsp3) is 0.333. The van der Waals surface area contributed by atoms with Gasteiger partial charge in [-0.05, 0) is 16.7 Å². The second kappa shape index (κ2) is 12.6. The highest BCUT2D eigenvalue weighted by Gasteiger charge is 2.54. The van der Waals surface area contributed by atoms with Crippen molar-refractivity contribution in [3.05, 3.63) is 108 Å². The van der Waals surface area contributed by atoms with Gasteiger partial charge in [-0.1, -0.05) is 91.0 Å². The molecule has 0 bridgehead atoms. The summed E-state index contributed by atoms with van der Waals surface area (Å²) < 4.78 is 42.6. The third-order valence-electron chi connectivity index (χ3n) is 5.81. The van der Waals surface area contributed by atoms with Gasteiger partial charge in [0.25, 0.3) is 0 Å². The van der Waals surface area contributed by atoms with Crippen molar-refractivity contribution in [3.63, 3.8) is 0 Å². The maximum Gasteiger partial charge on any atom is 0.361 e. The van der Waals surface area contributed by atoms with Crippen LogP contribution in [0.15, 0.2) is 91.0 Å². The van der Waals surface area contributed by atoms with Gasteiger partial charge in [0.1, 0.15) is 18.3 Å². The van der Waals surface area contributed by atoms with Crippen molar-refractivity contribution < 1.29 is 32.9 Å². The van der Waals surface area contributed by atoms with Gasteiger partial charge >= 0.3 is 7.60 Å². The molecule has 0 unspecified atom stereocenters. The van der Waals surface area contributed by atoms with E-state index in [1.54, 1.807) is 0 Å². The van der Waals surface area contributed by atoms with E-state index < -0.39 is 31.8 Å². The Morgan fingerprint density at radius 2 is 1.20 bits per heavy atom. The zero-order valence-corrected chi connectivity index (χ0v) is 20.5. The van der Waals surface area contributed by atoms with Crippen LogP contribution in [0, 0.1) is 0 Å². The first-order valence-electron chi connectivity index (χ1n) is 11.5. The minimum absolute atomic E-state index is 0.0830. The van der Waals surface area contributed by atoms with Crippen molar-refractivity contribution in [1.82, 2.24) is 0 Å². The van der Waals surface area contributed by atoms with E-state index in [1.807, 2.05) is 91.0 Å². The van der Waals surface area contributed by atoms with E-state index >= 15 is 0 Å². The van der Waals surface area contributed by atoms with E-state index in [2.05, 4.69) is 0 Å². The molecule has 0 aromatic heterocycles. The summed E-state index contributed by atoms with van der Waals surface area (Å²) in [6.45, 7) is 0.898. The molecule has 0 radical (unpaired) electrons. The molecule has 1 aliphatic heterocycles.